The molecule has 4 nitrogen and oxygen atoms in total. The van der Waals surface area contributed by atoms with Crippen LogP contribution >= 0.6 is 0 Å². The number of halogens is 5. The number of hydrogen-bond acceptors (Lipinski definition) is 4. The predicted octanol–water partition coefficient (Wildman–Crippen LogP) is 2.23. The van der Waals surface area contributed by atoms with E-state index in [1.165, 1.54) is 20.8 Å². The minimum atomic E-state index is -2.33. The maximum absolute atomic E-state index is 13.6. The third kappa shape index (κ3) is 3.48. The molecule has 0 aliphatic heterocycles. The van der Waals surface area contributed by atoms with Crippen molar-refractivity contribution in [3.8, 4) is 0 Å². The van der Waals surface area contributed by atoms with E-state index in [2.05, 4.69) is 0 Å². The molecule has 0 aromatic heterocycles. The highest BCUT2D eigenvalue weighted by Crippen LogP contribution is 2.29. The summed E-state index contributed by atoms with van der Waals surface area (Å²) in [5.74, 6) is -7.28. The maximum atomic E-state index is 13.6. The highest BCUT2D eigenvalue weighted by molar-refractivity contribution is 5.78. The zero-order chi connectivity index (χ0) is 16.5. The lowest BCUT2D eigenvalue weighted by Crippen LogP contribution is -2.39. The second-order valence-electron chi connectivity index (χ2n) is 5.12. The van der Waals surface area contributed by atoms with Crippen molar-refractivity contribution in [1.29, 1.82) is 0 Å². The van der Waals surface area contributed by atoms with Gasteiger partial charge in [-0.15, -0.1) is 0 Å². The van der Waals surface area contributed by atoms with Gasteiger partial charge in [0.25, 0.3) is 0 Å². The quantitative estimate of drug-likeness (QED) is 0.224. The lowest BCUT2D eigenvalue weighted by atomic mass is 10.0. The molecule has 0 saturated carbocycles. The predicted molar refractivity (Wildman–Crippen MR) is 62.1 cm³/mol. The Kier molecular flexibility index (Phi) is 4.90. The van der Waals surface area contributed by atoms with E-state index < -0.39 is 52.3 Å². The molecule has 21 heavy (non-hydrogen) atoms. The van der Waals surface area contributed by atoms with Gasteiger partial charge in [-0.25, -0.2) is 32.2 Å². The number of hydrogen-bond donors (Lipinski definition) is 2. The van der Waals surface area contributed by atoms with Crippen LogP contribution in [0.3, 0.4) is 0 Å². The van der Waals surface area contributed by atoms with Crippen molar-refractivity contribution in [2.24, 2.45) is 5.84 Å². The van der Waals surface area contributed by atoms with Gasteiger partial charge >= 0.3 is 5.97 Å². The van der Waals surface area contributed by atoms with Gasteiger partial charge < -0.3 is 4.74 Å². The van der Waals surface area contributed by atoms with E-state index >= 15 is 0 Å². The first-order valence-corrected chi connectivity index (χ1v) is 5.71. The number of carbonyl (C=O) groups excluding carboxylic acids is 1. The summed E-state index contributed by atoms with van der Waals surface area (Å²) in [7, 11) is 0. The minimum absolute atomic E-state index is 1.05. The molecule has 1 aromatic rings. The van der Waals surface area contributed by atoms with Gasteiger partial charge in [0.1, 0.15) is 11.6 Å². The highest BCUT2D eigenvalue weighted by Gasteiger charge is 2.35. The molecule has 0 heterocycles. The summed E-state index contributed by atoms with van der Waals surface area (Å²) in [6.45, 7) is 4.37. The molecule has 0 fully saturated rings. The summed E-state index contributed by atoms with van der Waals surface area (Å²) in [6, 6.07) is -2.05. The van der Waals surface area contributed by atoms with Crippen molar-refractivity contribution in [2.75, 3.05) is 0 Å². The van der Waals surface area contributed by atoms with Crippen molar-refractivity contribution in [2.45, 2.75) is 32.4 Å². The van der Waals surface area contributed by atoms with Gasteiger partial charge in [-0.3, -0.25) is 5.84 Å². The molecule has 9 heteroatoms. The fourth-order valence-electron chi connectivity index (χ4n) is 1.51. The van der Waals surface area contributed by atoms with Crippen LogP contribution in [-0.4, -0.2) is 11.6 Å². The lowest BCUT2D eigenvalue weighted by Gasteiger charge is -2.24. The zero-order valence-corrected chi connectivity index (χ0v) is 11.4. The molecule has 1 unspecified atom stereocenters. The van der Waals surface area contributed by atoms with Crippen LogP contribution in [0.1, 0.15) is 32.4 Å². The summed E-state index contributed by atoms with van der Waals surface area (Å²) >= 11 is 0. The number of nitrogens with one attached hydrogen (secondary N) is 1. The minimum Gasteiger partial charge on any atom is -0.459 e. The Hall–Kier alpha value is -1.74. The van der Waals surface area contributed by atoms with E-state index in [0.29, 0.717) is 0 Å². The third-order valence-corrected chi connectivity index (χ3v) is 2.34. The molecule has 0 saturated heterocycles. The van der Waals surface area contributed by atoms with Gasteiger partial charge in [-0.2, -0.15) is 0 Å². The van der Waals surface area contributed by atoms with Crippen molar-refractivity contribution >= 4 is 5.97 Å². The topological polar surface area (TPSA) is 64.3 Å². The normalized spacial score (nSPS) is 13.2. The smallest absolute Gasteiger partial charge is 0.329 e. The molecule has 0 radical (unpaired) electrons. The van der Waals surface area contributed by atoms with Gasteiger partial charge in [0.05, 0.1) is 5.56 Å². The molecule has 1 aromatic carbocycles. The molecule has 1 rings (SSSR count). The summed E-state index contributed by atoms with van der Waals surface area (Å²) in [5, 5.41) is 0. The van der Waals surface area contributed by atoms with Gasteiger partial charge in [-0.05, 0) is 20.8 Å². The molecule has 118 valence electrons. The summed E-state index contributed by atoms with van der Waals surface area (Å²) in [4.78, 5) is 11.8. The number of esters is 1. The molecular formula is C12H13F5N2O2. The molecule has 1 atom stereocenters. The van der Waals surface area contributed by atoms with Crippen LogP contribution in [-0.2, 0) is 9.53 Å². The van der Waals surface area contributed by atoms with E-state index in [0.717, 1.165) is 0 Å². The van der Waals surface area contributed by atoms with Crippen LogP contribution < -0.4 is 11.3 Å². The Balaban J connectivity index is 3.40. The molecule has 0 aliphatic rings. The number of carbonyl (C=O) groups is 1. The molecule has 0 amide bonds. The molecule has 3 N–H and O–H groups in total. The van der Waals surface area contributed by atoms with E-state index in [1.807, 2.05) is 0 Å². The molecular weight excluding hydrogens is 299 g/mol. The van der Waals surface area contributed by atoms with Crippen molar-refractivity contribution < 1.29 is 31.5 Å². The average Bonchev–Trinajstić information content (AvgIpc) is 2.37. The van der Waals surface area contributed by atoms with Gasteiger partial charge in [0.2, 0.25) is 5.82 Å². The van der Waals surface area contributed by atoms with Crippen molar-refractivity contribution in [3.05, 3.63) is 34.6 Å². The Morgan fingerprint density at radius 3 is 1.71 bits per heavy atom. The number of ether oxygens (including phenoxy) is 1. The average molecular weight is 312 g/mol. The first-order valence-electron chi connectivity index (χ1n) is 5.71. The Labute approximate surface area is 117 Å². The van der Waals surface area contributed by atoms with Gasteiger partial charge in [0.15, 0.2) is 23.3 Å². The second-order valence-corrected chi connectivity index (χ2v) is 5.12. The first kappa shape index (κ1) is 17.3. The Morgan fingerprint density at radius 1 is 1.00 bits per heavy atom. The monoisotopic (exact) mass is 312 g/mol. The van der Waals surface area contributed by atoms with E-state index in [9.17, 15) is 26.7 Å². The third-order valence-electron chi connectivity index (χ3n) is 2.34. The van der Waals surface area contributed by atoms with Gasteiger partial charge in [0, 0.05) is 0 Å². The van der Waals surface area contributed by atoms with Crippen LogP contribution in [0.25, 0.3) is 0 Å². The number of rotatable bonds is 3. The fourth-order valence-corrected chi connectivity index (χ4v) is 1.51. The van der Waals surface area contributed by atoms with Crippen LogP contribution in [0.15, 0.2) is 0 Å². The van der Waals surface area contributed by atoms with E-state index in [1.54, 1.807) is 5.43 Å². The largest absolute Gasteiger partial charge is 0.459 e. The Morgan fingerprint density at radius 2 is 1.38 bits per heavy atom. The fraction of sp³-hybridized carbons (Fsp3) is 0.417. The van der Waals surface area contributed by atoms with Crippen LogP contribution in [0.4, 0.5) is 22.0 Å². The zero-order valence-electron chi connectivity index (χ0n) is 11.4. The summed E-state index contributed by atoms with van der Waals surface area (Å²) in [5.41, 5.74) is -0.759. The number of hydrazine groups is 1. The second kappa shape index (κ2) is 5.94. The van der Waals surface area contributed by atoms with E-state index in [-0.39, 0.29) is 0 Å². The molecule has 0 bridgehead atoms. The lowest BCUT2D eigenvalue weighted by molar-refractivity contribution is -0.157. The van der Waals surface area contributed by atoms with Crippen molar-refractivity contribution in [1.82, 2.24) is 5.43 Å². The van der Waals surface area contributed by atoms with Crippen LogP contribution in [0, 0.1) is 29.1 Å². The first-order chi connectivity index (χ1) is 9.51. The van der Waals surface area contributed by atoms with Crippen LogP contribution in [0.5, 0.6) is 0 Å². The van der Waals surface area contributed by atoms with Gasteiger partial charge in [-0.1, -0.05) is 0 Å². The van der Waals surface area contributed by atoms with E-state index in [4.69, 9.17) is 10.6 Å². The molecule has 0 spiro atoms. The SMILES string of the molecule is CC(C)(C)OC(=O)C(NN)c1c(F)c(F)c(F)c(F)c1F. The number of benzene rings is 1. The Bertz CT molecular complexity index is 543. The van der Waals surface area contributed by atoms with Crippen LogP contribution in [0.2, 0.25) is 0 Å². The maximum Gasteiger partial charge on any atom is 0.329 e. The highest BCUT2D eigenvalue weighted by atomic mass is 19.2. The number of nitrogens with two attached hydrogens (primary N) is 1. The summed E-state index contributed by atoms with van der Waals surface area (Å²) in [6.07, 6.45) is 0. The van der Waals surface area contributed by atoms with Crippen molar-refractivity contribution in [3.63, 3.8) is 0 Å². The summed E-state index contributed by atoms with van der Waals surface area (Å²) < 4.78 is 71.2. The standard InChI is InChI=1S/C12H13F5N2O2/c1-12(2,3)21-11(20)10(19-18)4-5(13)7(15)9(17)8(16)6(4)14/h10,19H,18H2,1-3H3. The molecule has 0 aliphatic carbocycles.